The lowest BCUT2D eigenvalue weighted by Crippen LogP contribution is -2.65. The van der Waals surface area contributed by atoms with Gasteiger partial charge in [0, 0.05) is 0 Å². The fourth-order valence-corrected chi connectivity index (χ4v) is 11.5. The molecule has 0 spiro atoms. The van der Waals surface area contributed by atoms with Crippen LogP contribution >= 0.6 is 0 Å². The van der Waals surface area contributed by atoms with Crippen LogP contribution in [0.3, 0.4) is 0 Å². The molecule has 5 aliphatic carbocycles. The Bertz CT molecular complexity index is 730. The second-order valence-electron chi connectivity index (χ2n) is 14.4. The van der Waals surface area contributed by atoms with Crippen molar-refractivity contribution >= 4 is 0 Å². The average Bonchev–Trinajstić information content (AvgIpc) is 3.11. The van der Waals surface area contributed by atoms with Crippen molar-refractivity contribution in [3.05, 3.63) is 12.2 Å². The van der Waals surface area contributed by atoms with Gasteiger partial charge in [0.05, 0.1) is 0 Å². The van der Waals surface area contributed by atoms with Crippen LogP contribution in [-0.4, -0.2) is 0 Å². The minimum absolute atomic E-state index is 0.497. The standard InChI is InChI=1S/C30H50/c1-20(2)30-15-9-10-23(30)22-11-12-25-27(6)16-13-21(3)26(4,5)24(27)14-17-29(25,8)28(22,7)18-19-30/h21-25H,1,9-19H2,2-8H3/t21?,22?,23?,24?,25?,27-,28+,29+,30+/m0/s1. The Morgan fingerprint density at radius 3 is 2.13 bits per heavy atom. The molecule has 0 aromatic rings. The summed E-state index contributed by atoms with van der Waals surface area (Å²) in [6.07, 6.45) is 16.2. The lowest BCUT2D eigenvalue weighted by Gasteiger charge is -2.73. The molecule has 9 atom stereocenters. The van der Waals surface area contributed by atoms with Gasteiger partial charge in [-0.3, -0.25) is 0 Å². The summed E-state index contributed by atoms with van der Waals surface area (Å²) in [7, 11) is 0. The van der Waals surface area contributed by atoms with Crippen molar-refractivity contribution in [1.82, 2.24) is 0 Å². The van der Waals surface area contributed by atoms with Crippen molar-refractivity contribution in [2.75, 3.05) is 0 Å². The Morgan fingerprint density at radius 2 is 1.43 bits per heavy atom. The zero-order valence-corrected chi connectivity index (χ0v) is 21.4. The van der Waals surface area contributed by atoms with E-state index in [2.05, 4.69) is 55.0 Å². The highest BCUT2D eigenvalue weighted by Gasteiger charge is 2.69. The molecule has 0 aromatic heterocycles. The molecule has 0 nitrogen and oxygen atoms in total. The molecule has 170 valence electrons. The Balaban J connectivity index is 1.53. The first kappa shape index (κ1) is 21.6. The summed E-state index contributed by atoms with van der Waals surface area (Å²) in [5.74, 6) is 4.63. The van der Waals surface area contributed by atoms with Crippen molar-refractivity contribution in [3.8, 4) is 0 Å². The van der Waals surface area contributed by atoms with Crippen LogP contribution in [0.5, 0.6) is 0 Å². The summed E-state index contributed by atoms with van der Waals surface area (Å²) in [6.45, 7) is 23.0. The second-order valence-corrected chi connectivity index (χ2v) is 14.4. The summed E-state index contributed by atoms with van der Waals surface area (Å²) in [5.41, 5.74) is 4.19. The van der Waals surface area contributed by atoms with E-state index in [9.17, 15) is 0 Å². The zero-order valence-electron chi connectivity index (χ0n) is 21.4. The molecule has 5 rings (SSSR count). The fourth-order valence-electron chi connectivity index (χ4n) is 11.5. The molecule has 5 fully saturated rings. The third-order valence-electron chi connectivity index (χ3n) is 13.8. The SMILES string of the molecule is C=C(C)[C@]12CCCC1C1CCC3[C@@]4(C)CCC(C)C(C)(C)C4CC[C@@]3(C)[C@]1(C)CC2. The number of hydrogen-bond donors (Lipinski definition) is 0. The summed E-state index contributed by atoms with van der Waals surface area (Å²) in [5, 5.41) is 0. The van der Waals surface area contributed by atoms with E-state index in [1.807, 2.05) is 0 Å². The number of hydrogen-bond acceptors (Lipinski definition) is 0. The number of rotatable bonds is 1. The number of fused-ring (bicyclic) bond motifs is 7. The van der Waals surface area contributed by atoms with Gasteiger partial charge in [-0.25, -0.2) is 0 Å². The van der Waals surface area contributed by atoms with Crippen LogP contribution in [0.2, 0.25) is 0 Å². The van der Waals surface area contributed by atoms with Crippen LogP contribution in [0.1, 0.15) is 119 Å². The molecule has 0 N–H and O–H groups in total. The molecule has 5 unspecified atom stereocenters. The molecule has 5 saturated carbocycles. The second kappa shape index (κ2) is 6.41. The molecule has 0 bridgehead atoms. The van der Waals surface area contributed by atoms with Crippen LogP contribution in [-0.2, 0) is 0 Å². The van der Waals surface area contributed by atoms with E-state index in [1.165, 1.54) is 76.2 Å². The molecular weight excluding hydrogens is 360 g/mol. The molecule has 30 heavy (non-hydrogen) atoms. The van der Waals surface area contributed by atoms with Gasteiger partial charge in [-0.1, -0.05) is 60.1 Å². The fraction of sp³-hybridized carbons (Fsp3) is 0.933. The normalized spacial score (nSPS) is 57.0. The molecule has 0 amide bonds. The van der Waals surface area contributed by atoms with E-state index in [-0.39, 0.29) is 0 Å². The van der Waals surface area contributed by atoms with Gasteiger partial charge >= 0.3 is 0 Å². The van der Waals surface area contributed by atoms with E-state index in [1.54, 1.807) is 0 Å². The van der Waals surface area contributed by atoms with Crippen molar-refractivity contribution in [2.24, 2.45) is 56.7 Å². The van der Waals surface area contributed by atoms with Crippen molar-refractivity contribution in [3.63, 3.8) is 0 Å². The molecular formula is C30H50. The predicted molar refractivity (Wildman–Crippen MR) is 129 cm³/mol. The molecule has 0 aliphatic heterocycles. The van der Waals surface area contributed by atoms with Crippen LogP contribution in [0.25, 0.3) is 0 Å². The third kappa shape index (κ3) is 2.36. The minimum Gasteiger partial charge on any atom is -0.0996 e. The smallest absolute Gasteiger partial charge is 0.00622 e. The van der Waals surface area contributed by atoms with Crippen LogP contribution < -0.4 is 0 Å². The monoisotopic (exact) mass is 410 g/mol. The van der Waals surface area contributed by atoms with Gasteiger partial charge in [0.2, 0.25) is 0 Å². The molecule has 5 aliphatic rings. The van der Waals surface area contributed by atoms with E-state index in [4.69, 9.17) is 0 Å². The van der Waals surface area contributed by atoms with Gasteiger partial charge < -0.3 is 0 Å². The molecule has 0 heteroatoms. The van der Waals surface area contributed by atoms with Gasteiger partial charge in [0.15, 0.2) is 0 Å². The maximum atomic E-state index is 4.56. The molecule has 0 radical (unpaired) electrons. The summed E-state index contributed by atoms with van der Waals surface area (Å²) in [6, 6.07) is 0. The van der Waals surface area contributed by atoms with Crippen LogP contribution in [0, 0.1) is 56.7 Å². The zero-order chi connectivity index (χ0) is 21.7. The van der Waals surface area contributed by atoms with Crippen molar-refractivity contribution in [2.45, 2.75) is 119 Å². The highest BCUT2D eigenvalue weighted by atomic mass is 14.7. The number of allylic oxidation sites excluding steroid dienone is 1. The van der Waals surface area contributed by atoms with E-state index < -0.39 is 0 Å². The van der Waals surface area contributed by atoms with E-state index in [0.717, 1.165) is 29.6 Å². The Hall–Kier alpha value is -0.260. The quantitative estimate of drug-likeness (QED) is 0.378. The van der Waals surface area contributed by atoms with Gasteiger partial charge in [0.25, 0.3) is 0 Å². The Kier molecular flexibility index (Phi) is 4.61. The molecule has 0 heterocycles. The summed E-state index contributed by atoms with van der Waals surface area (Å²) < 4.78 is 0. The highest BCUT2D eigenvalue weighted by molar-refractivity contribution is 5.23. The first-order valence-corrected chi connectivity index (χ1v) is 13.6. The summed E-state index contributed by atoms with van der Waals surface area (Å²) in [4.78, 5) is 0. The Labute approximate surface area is 188 Å². The van der Waals surface area contributed by atoms with Crippen molar-refractivity contribution < 1.29 is 0 Å². The van der Waals surface area contributed by atoms with Gasteiger partial charge in [0.1, 0.15) is 0 Å². The predicted octanol–water partition coefficient (Wildman–Crippen LogP) is 9.05. The van der Waals surface area contributed by atoms with E-state index in [0.29, 0.717) is 27.1 Å². The minimum atomic E-state index is 0.497. The molecule has 0 aromatic carbocycles. The maximum absolute atomic E-state index is 4.56. The first-order valence-electron chi connectivity index (χ1n) is 13.6. The Morgan fingerprint density at radius 1 is 0.700 bits per heavy atom. The third-order valence-corrected chi connectivity index (χ3v) is 13.8. The van der Waals surface area contributed by atoms with Gasteiger partial charge in [-0.2, -0.15) is 0 Å². The lowest BCUT2D eigenvalue weighted by molar-refractivity contribution is -0.237. The van der Waals surface area contributed by atoms with Crippen molar-refractivity contribution in [1.29, 1.82) is 0 Å². The van der Waals surface area contributed by atoms with Gasteiger partial charge in [-0.15, -0.1) is 0 Å². The van der Waals surface area contributed by atoms with E-state index >= 15 is 0 Å². The van der Waals surface area contributed by atoms with Crippen LogP contribution in [0.15, 0.2) is 12.2 Å². The highest BCUT2D eigenvalue weighted by Crippen LogP contribution is 2.77. The van der Waals surface area contributed by atoms with Crippen LogP contribution in [0.4, 0.5) is 0 Å². The summed E-state index contributed by atoms with van der Waals surface area (Å²) >= 11 is 0. The first-order chi connectivity index (χ1) is 13.9. The molecule has 0 saturated heterocycles. The van der Waals surface area contributed by atoms with Gasteiger partial charge in [-0.05, 0) is 128 Å². The largest absolute Gasteiger partial charge is 0.0996 e. The maximum Gasteiger partial charge on any atom is -0.00622 e. The lowest BCUT2D eigenvalue weighted by atomic mass is 9.32. The average molecular weight is 411 g/mol. The topological polar surface area (TPSA) is 0 Å².